The molecule has 6 N–H and O–H groups in total. The normalized spacial score (nSPS) is 32.1. The van der Waals surface area contributed by atoms with Crippen LogP contribution in [-0.2, 0) is 14.2 Å². The Hall–Kier alpha value is -2.16. The lowest BCUT2D eigenvalue weighted by Crippen LogP contribution is -2.68. The van der Waals surface area contributed by atoms with Crippen molar-refractivity contribution in [3.63, 3.8) is 0 Å². The maximum Gasteiger partial charge on any atom is 0.325 e. The van der Waals surface area contributed by atoms with Crippen molar-refractivity contribution in [2.75, 3.05) is 26.6 Å². The Kier molecular flexibility index (Phi) is 7.79. The summed E-state index contributed by atoms with van der Waals surface area (Å²) in [7, 11) is 0. The molecule has 0 aliphatic carbocycles. The van der Waals surface area contributed by atoms with Gasteiger partial charge >= 0.3 is 6.03 Å². The highest BCUT2D eigenvalue weighted by atomic mass is 35.5. The number of aliphatic hydroxyl groups is 3. The molecule has 176 valence electrons. The summed E-state index contributed by atoms with van der Waals surface area (Å²) >= 11 is 5.75. The number of hydrogen-bond donors (Lipinski definition) is 5. The Bertz CT molecular complexity index is 861. The van der Waals surface area contributed by atoms with E-state index in [1.54, 1.807) is 0 Å². The van der Waals surface area contributed by atoms with Crippen LogP contribution in [0.4, 0.5) is 9.18 Å². The molecule has 3 heterocycles. The van der Waals surface area contributed by atoms with Gasteiger partial charge in [0.05, 0.1) is 19.8 Å². The third-order valence-electron chi connectivity index (χ3n) is 4.96. The lowest BCUT2D eigenvalue weighted by molar-refractivity contribution is -0.0679. The third kappa shape index (κ3) is 4.92. The topological polar surface area (TPSA) is 164 Å². The number of carbonyl (C=O) groups is 2. The number of nitrogens with one attached hydrogen (secondary N) is 1. The number of aliphatic hydroxyl groups excluding tert-OH is 3. The van der Waals surface area contributed by atoms with Crippen molar-refractivity contribution in [3.8, 4) is 0 Å². The first-order chi connectivity index (χ1) is 15.2. The number of urea groups is 1. The Balaban J connectivity index is 0.000000509. The zero-order valence-corrected chi connectivity index (χ0v) is 17.4. The second kappa shape index (κ2) is 10.2. The van der Waals surface area contributed by atoms with Crippen LogP contribution in [0, 0.1) is 0 Å². The van der Waals surface area contributed by atoms with Gasteiger partial charge in [0.15, 0.2) is 12.1 Å². The van der Waals surface area contributed by atoms with E-state index >= 15 is 0 Å². The molecule has 2 fully saturated rings. The first kappa shape index (κ1) is 24.5. The molecule has 1 aromatic carbocycles. The zero-order valence-electron chi connectivity index (χ0n) is 16.7. The summed E-state index contributed by atoms with van der Waals surface area (Å²) in [5.74, 6) is -2.12. The third-order valence-corrected chi connectivity index (χ3v) is 5.21. The fourth-order valence-corrected chi connectivity index (χ4v) is 3.29. The zero-order chi connectivity index (χ0) is 23.5. The molecule has 5 atom stereocenters. The Labute approximate surface area is 187 Å². The van der Waals surface area contributed by atoms with E-state index in [9.17, 15) is 24.2 Å². The number of nitrogens with zero attached hydrogens (tertiary/aromatic N) is 1. The predicted octanol–water partition coefficient (Wildman–Crippen LogP) is -0.556. The molecule has 0 aromatic heterocycles. The quantitative estimate of drug-likeness (QED) is 0.359. The number of rotatable bonds is 4. The van der Waals surface area contributed by atoms with E-state index in [1.165, 1.54) is 24.3 Å². The van der Waals surface area contributed by atoms with Gasteiger partial charge in [0, 0.05) is 16.8 Å². The van der Waals surface area contributed by atoms with Crippen LogP contribution in [0.25, 0.3) is 0 Å². The highest BCUT2D eigenvalue weighted by Crippen LogP contribution is 2.30. The number of halogens is 2. The molecular weight excluding hydrogens is 453 g/mol. The van der Waals surface area contributed by atoms with Crippen LogP contribution in [0.5, 0.6) is 0 Å². The monoisotopic (exact) mass is 475 g/mol. The van der Waals surface area contributed by atoms with Gasteiger partial charge in [0.2, 0.25) is 11.4 Å². The van der Waals surface area contributed by atoms with Gasteiger partial charge in [-0.2, -0.15) is 0 Å². The van der Waals surface area contributed by atoms with Crippen molar-refractivity contribution in [1.29, 1.82) is 0 Å². The second-order valence-corrected chi connectivity index (χ2v) is 7.56. The van der Waals surface area contributed by atoms with Crippen molar-refractivity contribution < 1.29 is 43.5 Å². The van der Waals surface area contributed by atoms with Gasteiger partial charge in [-0.15, -0.1) is 0 Å². The van der Waals surface area contributed by atoms with Gasteiger partial charge in [0.1, 0.15) is 25.1 Å². The summed E-state index contributed by atoms with van der Waals surface area (Å²) in [5.41, 5.74) is 3.37. The first-order valence-electron chi connectivity index (χ1n) is 9.54. The van der Waals surface area contributed by atoms with Crippen LogP contribution in [0.1, 0.15) is 10.4 Å². The number of benzene rings is 1. The number of ketones is 1. The van der Waals surface area contributed by atoms with Crippen molar-refractivity contribution >= 4 is 23.4 Å². The molecule has 1 unspecified atom stereocenters. The molecule has 13 heteroatoms. The second-order valence-electron chi connectivity index (χ2n) is 7.12. The first-order valence-corrected chi connectivity index (χ1v) is 9.92. The Morgan fingerprint density at radius 2 is 1.88 bits per heavy atom. The minimum absolute atomic E-state index is 0.0205. The van der Waals surface area contributed by atoms with Crippen LogP contribution in [0.15, 0.2) is 36.3 Å². The van der Waals surface area contributed by atoms with E-state index in [2.05, 4.69) is 5.32 Å². The van der Waals surface area contributed by atoms with Crippen LogP contribution >= 0.6 is 11.6 Å². The van der Waals surface area contributed by atoms with E-state index in [4.69, 9.17) is 36.7 Å². The van der Waals surface area contributed by atoms with Crippen LogP contribution in [0.2, 0.25) is 5.02 Å². The maximum atomic E-state index is 14.7. The van der Waals surface area contributed by atoms with E-state index in [1.807, 2.05) is 0 Å². The van der Waals surface area contributed by atoms with Crippen molar-refractivity contribution in [1.82, 2.24) is 10.2 Å². The number of hydrogen-bond acceptors (Lipinski definition) is 9. The summed E-state index contributed by atoms with van der Waals surface area (Å²) < 4.78 is 29.3. The van der Waals surface area contributed by atoms with E-state index in [-0.39, 0.29) is 5.56 Å². The molecule has 4 rings (SSSR count). The van der Waals surface area contributed by atoms with Crippen molar-refractivity contribution in [2.45, 2.75) is 30.2 Å². The number of nitrogens with two attached hydrogens (primary N) is 1. The number of Topliss-reactive ketones (excluding diaryl/α,β-unsaturated/α-hetero) is 1. The molecule has 3 aliphatic rings. The minimum atomic E-state index is -2.46. The molecule has 0 spiro atoms. The van der Waals surface area contributed by atoms with Crippen LogP contribution < -0.4 is 11.1 Å². The summed E-state index contributed by atoms with van der Waals surface area (Å²) in [6.07, 6.45) is -5.10. The average Bonchev–Trinajstić information content (AvgIpc) is 3.44. The van der Waals surface area contributed by atoms with Gasteiger partial charge in [-0.05, 0) is 24.3 Å². The van der Waals surface area contributed by atoms with Gasteiger partial charge in [-0.3, -0.25) is 15.4 Å². The van der Waals surface area contributed by atoms with Crippen LogP contribution in [0.3, 0.4) is 0 Å². The molecule has 2 amide bonds. The van der Waals surface area contributed by atoms with Crippen molar-refractivity contribution in [3.05, 3.63) is 46.9 Å². The van der Waals surface area contributed by atoms with Gasteiger partial charge in [0.25, 0.3) is 0 Å². The number of amides is 2. The fraction of sp³-hybridized carbons (Fsp3) is 0.474. The molecular formula is C19H23ClFN3O8. The fourth-order valence-electron chi connectivity index (χ4n) is 3.16. The van der Waals surface area contributed by atoms with E-state index < -0.39 is 54.5 Å². The molecule has 0 saturated carbocycles. The molecule has 11 nitrogen and oxygen atoms in total. The lowest BCUT2D eigenvalue weighted by atomic mass is 9.96. The molecule has 0 radical (unpaired) electrons. The van der Waals surface area contributed by atoms with E-state index in [0.29, 0.717) is 22.9 Å². The van der Waals surface area contributed by atoms with Gasteiger partial charge in [-0.1, -0.05) is 11.6 Å². The molecule has 1 aromatic rings. The maximum absolute atomic E-state index is 14.7. The summed E-state index contributed by atoms with van der Waals surface area (Å²) in [6, 6.07) is 4.45. The van der Waals surface area contributed by atoms with E-state index in [0.717, 1.165) is 13.2 Å². The Morgan fingerprint density at radius 1 is 1.25 bits per heavy atom. The lowest BCUT2D eigenvalue weighted by Gasteiger charge is -2.37. The largest absolute Gasteiger partial charge is 0.394 e. The minimum Gasteiger partial charge on any atom is -0.394 e. The molecule has 3 aliphatic heterocycles. The van der Waals surface area contributed by atoms with Crippen molar-refractivity contribution in [2.24, 2.45) is 5.73 Å². The smallest absolute Gasteiger partial charge is 0.325 e. The average molecular weight is 476 g/mol. The number of ether oxygens (including phenoxy) is 3. The Morgan fingerprint density at radius 3 is 2.38 bits per heavy atom. The standard InChI is InChI=1S/C16H17ClFN3O6.C3H6O2/c17-8-3-1-7(2-4-8)13(25)16(19)10(18)5-21(15(26)20-16)14-12(24)11(23)9(6-22)27-14;1-2-5-3-4-1/h1-5,9,11-12,14,22-24H,6,19H2,(H,20,26);1-3H2/t9-,11-,12-,14-,16?;/m1./s1. The molecule has 0 bridgehead atoms. The summed E-state index contributed by atoms with van der Waals surface area (Å²) in [5, 5.41) is 31.3. The SMILES string of the molecule is C1COCO1.NC1(C(=O)c2ccc(Cl)cc2)NC(=O)N([C@@H]2O[C@H](CO)[C@@H](O)[C@H]2O)C=C1F. The highest BCUT2D eigenvalue weighted by molar-refractivity contribution is 6.30. The van der Waals surface area contributed by atoms with Gasteiger partial charge in [-0.25, -0.2) is 9.18 Å². The highest BCUT2D eigenvalue weighted by Gasteiger charge is 2.51. The predicted molar refractivity (Wildman–Crippen MR) is 107 cm³/mol. The molecule has 2 saturated heterocycles. The number of carbonyl (C=O) groups excluding carboxylic acids is 2. The molecule has 32 heavy (non-hydrogen) atoms. The summed E-state index contributed by atoms with van der Waals surface area (Å²) in [6.45, 7) is 1.44. The summed E-state index contributed by atoms with van der Waals surface area (Å²) in [4.78, 5) is 25.6. The van der Waals surface area contributed by atoms with Gasteiger partial charge < -0.3 is 34.8 Å². The van der Waals surface area contributed by atoms with Crippen LogP contribution in [-0.4, -0.2) is 88.9 Å².